The lowest BCUT2D eigenvalue weighted by Crippen LogP contribution is -2.12. The van der Waals surface area contributed by atoms with Gasteiger partial charge in [0.1, 0.15) is 11.9 Å². The van der Waals surface area contributed by atoms with Crippen molar-refractivity contribution in [2.75, 3.05) is 6.61 Å². The summed E-state index contributed by atoms with van der Waals surface area (Å²) in [5.74, 6) is 0.417. The molecule has 1 fully saturated rings. The molecule has 0 aliphatic heterocycles. The molecular weight excluding hydrogens is 232 g/mol. The van der Waals surface area contributed by atoms with Gasteiger partial charge in [-0.2, -0.15) is 0 Å². The average molecular weight is 250 g/mol. The van der Waals surface area contributed by atoms with Gasteiger partial charge in [0.25, 0.3) is 0 Å². The molecule has 0 spiro atoms. The van der Waals surface area contributed by atoms with Crippen molar-refractivity contribution in [1.29, 1.82) is 0 Å². The Morgan fingerprint density at radius 1 is 1.44 bits per heavy atom. The van der Waals surface area contributed by atoms with Crippen molar-refractivity contribution in [2.24, 2.45) is 5.92 Å². The number of carbonyl (C=O) groups excluding carboxylic acids is 1. The van der Waals surface area contributed by atoms with E-state index in [0.717, 1.165) is 17.7 Å². The Balaban J connectivity index is 1.86. The number of carbonyl (C=O) groups is 1. The zero-order valence-corrected chi connectivity index (χ0v) is 10.6. The van der Waals surface area contributed by atoms with Crippen LogP contribution in [0.25, 0.3) is 0 Å². The third-order valence-electron chi connectivity index (χ3n) is 2.97. The van der Waals surface area contributed by atoms with E-state index in [2.05, 4.69) is 0 Å². The van der Waals surface area contributed by atoms with Gasteiger partial charge < -0.3 is 14.6 Å². The van der Waals surface area contributed by atoms with E-state index < -0.39 is 6.10 Å². The van der Waals surface area contributed by atoms with Crippen molar-refractivity contribution in [1.82, 2.24) is 0 Å². The van der Waals surface area contributed by atoms with E-state index in [1.54, 1.807) is 13.8 Å². The number of aliphatic hydroxyl groups excluding tert-OH is 1. The largest absolute Gasteiger partial charge is 0.490 e. The summed E-state index contributed by atoms with van der Waals surface area (Å²) in [5, 5.41) is 9.38. The predicted molar refractivity (Wildman–Crippen MR) is 66.2 cm³/mol. The standard InChI is InChI=1S/C14H18O4/c1-3-17-14(16)12-8-13(12)18-11-6-4-10(5-7-11)9(2)15/h4-7,9,12-13,15H,3,8H2,1-2H3/t9?,12-,13-/m1/s1. The van der Waals surface area contributed by atoms with E-state index >= 15 is 0 Å². The van der Waals surface area contributed by atoms with Crippen molar-refractivity contribution in [3.63, 3.8) is 0 Å². The molecule has 1 N–H and O–H groups in total. The summed E-state index contributed by atoms with van der Waals surface area (Å²) in [6.07, 6.45) is 0.172. The van der Waals surface area contributed by atoms with Gasteiger partial charge in [0, 0.05) is 6.42 Å². The van der Waals surface area contributed by atoms with Crippen molar-refractivity contribution in [3.05, 3.63) is 29.8 Å². The smallest absolute Gasteiger partial charge is 0.312 e. The number of ether oxygens (including phenoxy) is 2. The summed E-state index contributed by atoms with van der Waals surface area (Å²) in [7, 11) is 0. The van der Waals surface area contributed by atoms with Crippen LogP contribution in [0.15, 0.2) is 24.3 Å². The quantitative estimate of drug-likeness (QED) is 0.813. The molecule has 0 bridgehead atoms. The minimum atomic E-state index is -0.479. The van der Waals surface area contributed by atoms with Gasteiger partial charge in [0.15, 0.2) is 0 Å². The van der Waals surface area contributed by atoms with Crippen LogP contribution in [0, 0.1) is 5.92 Å². The lowest BCUT2D eigenvalue weighted by molar-refractivity contribution is -0.145. The van der Waals surface area contributed by atoms with E-state index in [-0.39, 0.29) is 18.0 Å². The maximum atomic E-state index is 11.4. The number of hydrogen-bond donors (Lipinski definition) is 1. The number of benzene rings is 1. The molecule has 4 nitrogen and oxygen atoms in total. The van der Waals surface area contributed by atoms with E-state index in [1.807, 2.05) is 24.3 Å². The molecule has 2 rings (SSSR count). The van der Waals surface area contributed by atoms with E-state index in [4.69, 9.17) is 9.47 Å². The molecule has 0 heterocycles. The highest BCUT2D eigenvalue weighted by molar-refractivity contribution is 5.76. The summed E-state index contributed by atoms with van der Waals surface area (Å²) in [6, 6.07) is 7.26. The van der Waals surface area contributed by atoms with Crippen molar-refractivity contribution in [2.45, 2.75) is 32.5 Å². The van der Waals surface area contributed by atoms with Crippen molar-refractivity contribution < 1.29 is 19.4 Å². The molecule has 1 saturated carbocycles. The van der Waals surface area contributed by atoms with Crippen molar-refractivity contribution >= 4 is 5.97 Å². The third kappa shape index (κ3) is 3.01. The van der Waals surface area contributed by atoms with Crippen LogP contribution in [0.5, 0.6) is 5.75 Å². The summed E-state index contributed by atoms with van der Waals surface area (Å²) in [5.41, 5.74) is 0.847. The Morgan fingerprint density at radius 2 is 2.11 bits per heavy atom. The molecule has 0 saturated heterocycles. The van der Waals surface area contributed by atoms with Gasteiger partial charge in [0.05, 0.1) is 18.6 Å². The molecule has 1 aliphatic rings. The molecule has 18 heavy (non-hydrogen) atoms. The number of aliphatic hydroxyl groups is 1. The van der Waals surface area contributed by atoms with Crippen LogP contribution in [-0.4, -0.2) is 23.8 Å². The Bertz CT molecular complexity index is 410. The minimum absolute atomic E-state index is 0.0681. The zero-order valence-electron chi connectivity index (χ0n) is 10.6. The van der Waals surface area contributed by atoms with Gasteiger partial charge in [-0.15, -0.1) is 0 Å². The maximum absolute atomic E-state index is 11.4. The highest BCUT2D eigenvalue weighted by Crippen LogP contribution is 2.36. The van der Waals surface area contributed by atoms with Gasteiger partial charge >= 0.3 is 5.97 Å². The fourth-order valence-corrected chi connectivity index (χ4v) is 1.80. The Hall–Kier alpha value is -1.55. The molecular formula is C14H18O4. The molecule has 1 unspecified atom stereocenters. The molecule has 98 valence electrons. The van der Waals surface area contributed by atoms with E-state index in [0.29, 0.717) is 6.61 Å². The molecule has 0 aromatic heterocycles. The second kappa shape index (κ2) is 5.40. The van der Waals surface area contributed by atoms with Crippen LogP contribution < -0.4 is 4.74 Å². The van der Waals surface area contributed by atoms with E-state index in [9.17, 15) is 9.90 Å². The highest BCUT2D eigenvalue weighted by Gasteiger charge is 2.46. The molecule has 1 aromatic rings. The molecule has 4 heteroatoms. The molecule has 0 radical (unpaired) electrons. The predicted octanol–water partition coefficient (Wildman–Crippen LogP) is 2.07. The fourth-order valence-electron chi connectivity index (χ4n) is 1.80. The highest BCUT2D eigenvalue weighted by atomic mass is 16.5. The van der Waals surface area contributed by atoms with Gasteiger partial charge in [-0.05, 0) is 31.5 Å². The summed E-state index contributed by atoms with van der Waals surface area (Å²) < 4.78 is 10.6. The summed E-state index contributed by atoms with van der Waals surface area (Å²) >= 11 is 0. The van der Waals surface area contributed by atoms with Gasteiger partial charge in [-0.25, -0.2) is 0 Å². The third-order valence-corrected chi connectivity index (χ3v) is 2.97. The van der Waals surface area contributed by atoms with Crippen molar-refractivity contribution in [3.8, 4) is 5.75 Å². The Morgan fingerprint density at radius 3 is 2.67 bits per heavy atom. The van der Waals surface area contributed by atoms with Crippen LogP contribution >= 0.6 is 0 Å². The minimum Gasteiger partial charge on any atom is -0.490 e. The Kier molecular flexibility index (Phi) is 3.87. The van der Waals surface area contributed by atoms with Gasteiger partial charge in [-0.3, -0.25) is 4.79 Å². The molecule has 1 aromatic carbocycles. The lowest BCUT2D eigenvalue weighted by atomic mass is 10.1. The van der Waals surface area contributed by atoms with Crippen LogP contribution in [0.1, 0.15) is 31.9 Å². The Labute approximate surface area is 107 Å². The first kappa shape index (κ1) is 12.9. The number of rotatable bonds is 5. The monoisotopic (exact) mass is 250 g/mol. The average Bonchev–Trinajstić information content (AvgIpc) is 3.09. The summed E-state index contributed by atoms with van der Waals surface area (Å²) in [4.78, 5) is 11.4. The fraction of sp³-hybridized carbons (Fsp3) is 0.500. The molecule has 3 atom stereocenters. The normalized spacial score (nSPS) is 23.3. The molecule has 0 amide bonds. The number of hydrogen-bond acceptors (Lipinski definition) is 4. The number of esters is 1. The van der Waals surface area contributed by atoms with Gasteiger partial charge in [-0.1, -0.05) is 12.1 Å². The zero-order chi connectivity index (χ0) is 13.1. The van der Waals surface area contributed by atoms with Crippen LogP contribution in [0.4, 0.5) is 0 Å². The SMILES string of the molecule is CCOC(=O)[C@@H]1C[C@H]1Oc1ccc(C(C)O)cc1. The second-order valence-corrected chi connectivity index (χ2v) is 4.50. The van der Waals surface area contributed by atoms with E-state index in [1.165, 1.54) is 0 Å². The first-order chi connectivity index (χ1) is 8.61. The van der Waals surface area contributed by atoms with Crippen LogP contribution in [0.3, 0.4) is 0 Å². The first-order valence-corrected chi connectivity index (χ1v) is 6.23. The van der Waals surface area contributed by atoms with Crippen LogP contribution in [-0.2, 0) is 9.53 Å². The van der Waals surface area contributed by atoms with Crippen LogP contribution in [0.2, 0.25) is 0 Å². The van der Waals surface area contributed by atoms with Gasteiger partial charge in [0.2, 0.25) is 0 Å². The topological polar surface area (TPSA) is 55.8 Å². The first-order valence-electron chi connectivity index (χ1n) is 6.23. The second-order valence-electron chi connectivity index (χ2n) is 4.50. The molecule has 1 aliphatic carbocycles. The maximum Gasteiger partial charge on any atom is 0.312 e. The lowest BCUT2D eigenvalue weighted by Gasteiger charge is -2.08. The summed E-state index contributed by atoms with van der Waals surface area (Å²) in [6.45, 7) is 3.92.